The molecule has 2 aliphatic heterocycles. The number of morpholine rings is 1. The fourth-order valence-electron chi connectivity index (χ4n) is 7.91. The van der Waals surface area contributed by atoms with Crippen LogP contribution in [0.5, 0.6) is 0 Å². The van der Waals surface area contributed by atoms with Crippen molar-refractivity contribution in [1.29, 1.82) is 0 Å². The van der Waals surface area contributed by atoms with Gasteiger partial charge in [-0.05, 0) is 54.5 Å². The first kappa shape index (κ1) is 39.5. The molecule has 3 atom stereocenters. The molecule has 0 N–H and O–H groups in total. The Morgan fingerprint density at radius 2 is 1.37 bits per heavy atom. The van der Waals surface area contributed by atoms with Gasteiger partial charge in [-0.15, -0.1) is 6.58 Å². The Morgan fingerprint density at radius 3 is 1.85 bits per heavy atom. The Labute approximate surface area is 322 Å². The van der Waals surface area contributed by atoms with Crippen LogP contribution in [0.2, 0.25) is 19.6 Å². The second-order valence-corrected chi connectivity index (χ2v) is 23.0. The number of ether oxygens (including phenoxy) is 1. The first-order valence-corrected chi connectivity index (χ1v) is 24.2. The van der Waals surface area contributed by atoms with E-state index in [9.17, 15) is 9.59 Å². The SMILES string of the molecule is C=CCCC(=O)C(N1C(=O)[C@H]([C@@H](C)O[Si](C)(C)C)[C@H]1CC(=O)c1ccc(CN2CCOCC2)cc1)=P(c1ccccc1)(c1ccccc1)c1ccccc1. The van der Waals surface area contributed by atoms with Crippen LogP contribution in [0.3, 0.4) is 0 Å². The lowest BCUT2D eigenvalue weighted by Crippen LogP contribution is -2.69. The van der Waals surface area contributed by atoms with E-state index in [0.29, 0.717) is 17.4 Å². The highest BCUT2D eigenvalue weighted by molar-refractivity contribution is 7.96. The number of rotatable bonds is 16. The van der Waals surface area contributed by atoms with Gasteiger partial charge < -0.3 is 14.1 Å². The van der Waals surface area contributed by atoms with Crippen LogP contribution in [-0.4, -0.2) is 79.5 Å². The quantitative estimate of drug-likeness (QED) is 0.0411. The van der Waals surface area contributed by atoms with E-state index in [1.807, 2.05) is 85.8 Å². The average molecular weight is 761 g/mol. The molecule has 2 aliphatic rings. The van der Waals surface area contributed by atoms with Gasteiger partial charge in [-0.1, -0.05) is 121 Å². The maximum Gasteiger partial charge on any atom is 0.235 e. The van der Waals surface area contributed by atoms with Crippen LogP contribution in [-0.2, 0) is 25.3 Å². The topological polar surface area (TPSA) is 76.2 Å². The number of hydrogen-bond donors (Lipinski definition) is 0. The molecule has 0 spiro atoms. The number of benzene rings is 4. The van der Waals surface area contributed by atoms with Crippen molar-refractivity contribution in [2.45, 2.75) is 64.5 Å². The van der Waals surface area contributed by atoms with Crippen molar-refractivity contribution >= 4 is 54.0 Å². The standard InChI is InChI=1S/C45H53N2O5PSi/c1-6-7-23-41(48)45(53(37-17-11-8-12-18-37,38-19-13-9-14-20-38)39-21-15-10-16-22-39)47-40(43(44(47)50)34(2)52-54(3,4)5)32-42(49)36-26-24-35(25-27-36)33-46-28-30-51-31-29-46/h6,8-22,24-27,34,40,43H,1,7,23,28-33H2,2-5H3/t34-,40-,43-/m1/s1. The zero-order valence-corrected chi connectivity index (χ0v) is 33.9. The second-order valence-electron chi connectivity index (χ2n) is 15.2. The summed E-state index contributed by atoms with van der Waals surface area (Å²) in [5, 5.41) is 2.90. The number of Topliss-reactive ketones (excluding diaryl/α,β-unsaturated/α-hetero) is 2. The normalized spacial score (nSPS) is 18.4. The number of likely N-dealkylation sites (tertiary alicyclic amines) is 1. The van der Waals surface area contributed by atoms with E-state index in [1.165, 1.54) is 0 Å². The number of carbonyl (C=O) groups is 3. The Kier molecular flexibility index (Phi) is 12.8. The number of nitrogens with zero attached hydrogens (tertiary/aromatic N) is 2. The highest BCUT2D eigenvalue weighted by Gasteiger charge is 2.56. The number of hydrogen-bond acceptors (Lipinski definition) is 6. The Hall–Kier alpha value is -4.17. The Morgan fingerprint density at radius 1 is 0.852 bits per heavy atom. The molecule has 6 rings (SSSR count). The third-order valence-electron chi connectivity index (χ3n) is 10.3. The van der Waals surface area contributed by atoms with Crippen LogP contribution in [0.1, 0.15) is 42.1 Å². The summed E-state index contributed by atoms with van der Waals surface area (Å²) in [5.41, 5.74) is 2.19. The maximum atomic E-state index is 15.1. The lowest BCUT2D eigenvalue weighted by molar-refractivity contribution is -0.154. The maximum absolute atomic E-state index is 15.1. The molecule has 0 bridgehead atoms. The van der Waals surface area contributed by atoms with E-state index >= 15 is 4.79 Å². The van der Waals surface area contributed by atoms with Crippen molar-refractivity contribution in [3.63, 3.8) is 0 Å². The number of carbonyl (C=O) groups excluding carboxylic acids is 3. The molecule has 4 aromatic carbocycles. The molecule has 0 aromatic heterocycles. The third-order valence-corrected chi connectivity index (χ3v) is 15.7. The summed E-state index contributed by atoms with van der Waals surface area (Å²) < 4.78 is 12.1. The van der Waals surface area contributed by atoms with Gasteiger partial charge >= 0.3 is 0 Å². The summed E-state index contributed by atoms with van der Waals surface area (Å²) in [5.74, 6) is -0.946. The van der Waals surface area contributed by atoms with Crippen LogP contribution in [0.15, 0.2) is 128 Å². The molecule has 0 aliphatic carbocycles. The van der Waals surface area contributed by atoms with Crippen molar-refractivity contribution in [3.8, 4) is 0 Å². The molecule has 2 heterocycles. The second kappa shape index (κ2) is 17.5. The number of ketones is 2. The first-order chi connectivity index (χ1) is 26.0. The summed E-state index contributed by atoms with van der Waals surface area (Å²) in [6.45, 7) is 13.2. The van der Waals surface area contributed by atoms with E-state index in [-0.39, 0.29) is 30.3 Å². The van der Waals surface area contributed by atoms with Crippen molar-refractivity contribution < 1.29 is 23.5 Å². The van der Waals surface area contributed by atoms with Gasteiger partial charge in [0.2, 0.25) is 5.91 Å². The fourth-order valence-corrected chi connectivity index (χ4v) is 13.7. The van der Waals surface area contributed by atoms with Gasteiger partial charge in [0.25, 0.3) is 0 Å². The predicted molar refractivity (Wildman–Crippen MR) is 224 cm³/mol. The van der Waals surface area contributed by atoms with Crippen molar-refractivity contribution in [2.75, 3.05) is 26.3 Å². The van der Waals surface area contributed by atoms with Gasteiger partial charge in [0, 0.05) is 44.9 Å². The highest BCUT2D eigenvalue weighted by atomic mass is 31.2. The van der Waals surface area contributed by atoms with Crippen LogP contribution < -0.4 is 15.9 Å². The first-order valence-electron chi connectivity index (χ1n) is 19.0. The average Bonchev–Trinajstić information content (AvgIpc) is 3.18. The molecule has 0 radical (unpaired) electrons. The lowest BCUT2D eigenvalue weighted by Gasteiger charge is -2.52. The minimum atomic E-state index is -3.01. The van der Waals surface area contributed by atoms with Gasteiger partial charge in [0.05, 0.1) is 36.7 Å². The molecular formula is C45H53N2O5PSi. The molecule has 2 saturated heterocycles. The van der Waals surface area contributed by atoms with Gasteiger partial charge in [0.15, 0.2) is 19.9 Å². The number of β-lactam (4-membered cyclic amide) rings is 1. The summed E-state index contributed by atoms with van der Waals surface area (Å²) in [6, 6.07) is 37.6. The smallest absolute Gasteiger partial charge is 0.235 e. The zero-order chi connectivity index (χ0) is 38.3. The minimum Gasteiger partial charge on any atom is -0.414 e. The van der Waals surface area contributed by atoms with E-state index in [1.54, 1.807) is 11.0 Å². The van der Waals surface area contributed by atoms with E-state index in [0.717, 1.165) is 54.3 Å². The lowest BCUT2D eigenvalue weighted by atomic mass is 9.79. The minimum absolute atomic E-state index is 0.0647. The zero-order valence-electron chi connectivity index (χ0n) is 32.0. The monoisotopic (exact) mass is 760 g/mol. The van der Waals surface area contributed by atoms with Crippen LogP contribution >= 0.6 is 6.89 Å². The van der Waals surface area contributed by atoms with Gasteiger partial charge in [-0.25, -0.2) is 0 Å². The van der Waals surface area contributed by atoms with E-state index < -0.39 is 33.3 Å². The van der Waals surface area contributed by atoms with Crippen LogP contribution in [0.4, 0.5) is 0 Å². The summed E-state index contributed by atoms with van der Waals surface area (Å²) in [7, 11) is -2.08. The van der Waals surface area contributed by atoms with Crippen LogP contribution in [0.25, 0.3) is 0 Å². The fraction of sp³-hybridized carbons (Fsp3) is 0.333. The molecule has 7 nitrogen and oxygen atoms in total. The number of allylic oxidation sites excluding steroid dienone is 1. The summed E-state index contributed by atoms with van der Waals surface area (Å²) in [6.07, 6.45) is 2.03. The molecule has 0 saturated carbocycles. The van der Waals surface area contributed by atoms with Gasteiger partial charge in [0.1, 0.15) is 0 Å². The molecular weight excluding hydrogens is 708 g/mol. The number of amides is 1. The highest BCUT2D eigenvalue weighted by Crippen LogP contribution is 2.50. The Bertz CT molecular complexity index is 1870. The third kappa shape index (κ3) is 8.54. The molecule has 1 amide bonds. The molecule has 54 heavy (non-hydrogen) atoms. The van der Waals surface area contributed by atoms with Crippen molar-refractivity contribution in [3.05, 3.63) is 139 Å². The van der Waals surface area contributed by atoms with E-state index in [4.69, 9.17) is 9.16 Å². The molecule has 9 heteroatoms. The largest absolute Gasteiger partial charge is 0.414 e. The van der Waals surface area contributed by atoms with Gasteiger partial charge in [-0.3, -0.25) is 19.3 Å². The Balaban J connectivity index is 1.53. The molecule has 2 fully saturated rings. The van der Waals surface area contributed by atoms with Crippen LogP contribution in [0, 0.1) is 5.92 Å². The molecule has 4 aromatic rings. The summed E-state index contributed by atoms with van der Waals surface area (Å²) in [4.78, 5) is 48.5. The molecule has 282 valence electrons. The molecule has 0 unspecified atom stereocenters. The van der Waals surface area contributed by atoms with Crippen molar-refractivity contribution in [1.82, 2.24) is 9.80 Å². The van der Waals surface area contributed by atoms with E-state index in [2.05, 4.69) is 67.5 Å². The van der Waals surface area contributed by atoms with Gasteiger partial charge in [-0.2, -0.15) is 0 Å². The van der Waals surface area contributed by atoms with Crippen molar-refractivity contribution in [2.24, 2.45) is 5.92 Å². The summed E-state index contributed by atoms with van der Waals surface area (Å²) >= 11 is 0. The predicted octanol–water partition coefficient (Wildman–Crippen LogP) is 6.82.